The van der Waals surface area contributed by atoms with E-state index in [4.69, 9.17) is 9.47 Å². The zero-order valence-electron chi connectivity index (χ0n) is 14.4. The standard InChI is InChI=1S/C17H28N2O3/c1-12(2)15(11-21-6)18-13-8-7-9-14(10-13)19-16(20)22-17(3,4)5/h7-10,12,15,18H,11H2,1-6H3,(H,19,20). The first-order chi connectivity index (χ1) is 10.2. The van der Waals surface area contributed by atoms with Crippen LogP contribution in [0.1, 0.15) is 34.6 Å². The van der Waals surface area contributed by atoms with E-state index in [0.29, 0.717) is 18.2 Å². The van der Waals surface area contributed by atoms with Crippen LogP contribution in [-0.4, -0.2) is 31.5 Å². The molecule has 5 heteroatoms. The van der Waals surface area contributed by atoms with Gasteiger partial charge in [0.1, 0.15) is 5.60 Å². The SMILES string of the molecule is COCC(Nc1cccc(NC(=O)OC(C)(C)C)c1)C(C)C. The highest BCUT2D eigenvalue weighted by molar-refractivity contribution is 5.85. The van der Waals surface area contributed by atoms with E-state index in [0.717, 1.165) is 5.69 Å². The molecule has 5 nitrogen and oxygen atoms in total. The van der Waals surface area contributed by atoms with E-state index in [2.05, 4.69) is 24.5 Å². The number of amides is 1. The summed E-state index contributed by atoms with van der Waals surface area (Å²) < 4.78 is 10.5. The number of hydrogen-bond donors (Lipinski definition) is 2. The number of carbonyl (C=O) groups excluding carboxylic acids is 1. The molecular formula is C17H28N2O3. The Morgan fingerprint density at radius 2 is 1.86 bits per heavy atom. The molecule has 0 saturated heterocycles. The Morgan fingerprint density at radius 1 is 1.23 bits per heavy atom. The topological polar surface area (TPSA) is 59.6 Å². The zero-order chi connectivity index (χ0) is 16.8. The minimum absolute atomic E-state index is 0.210. The van der Waals surface area contributed by atoms with Gasteiger partial charge in [-0.25, -0.2) is 4.79 Å². The third kappa shape index (κ3) is 6.80. The number of benzene rings is 1. The number of anilines is 2. The van der Waals surface area contributed by atoms with E-state index in [1.807, 2.05) is 45.0 Å². The molecule has 22 heavy (non-hydrogen) atoms. The summed E-state index contributed by atoms with van der Waals surface area (Å²) in [5, 5.41) is 6.17. The molecule has 1 rings (SSSR count). The second kappa shape index (κ2) is 8.03. The third-order valence-electron chi connectivity index (χ3n) is 3.01. The van der Waals surface area contributed by atoms with E-state index in [-0.39, 0.29) is 6.04 Å². The zero-order valence-corrected chi connectivity index (χ0v) is 14.4. The molecule has 1 amide bonds. The molecule has 0 spiro atoms. The molecule has 0 aliphatic rings. The Morgan fingerprint density at radius 3 is 2.41 bits per heavy atom. The molecule has 0 saturated carbocycles. The molecular weight excluding hydrogens is 280 g/mol. The lowest BCUT2D eigenvalue weighted by Gasteiger charge is -2.23. The summed E-state index contributed by atoms with van der Waals surface area (Å²) in [6.45, 7) is 10.4. The maximum absolute atomic E-state index is 11.8. The highest BCUT2D eigenvalue weighted by atomic mass is 16.6. The van der Waals surface area contributed by atoms with Crippen molar-refractivity contribution in [1.29, 1.82) is 0 Å². The molecule has 0 aromatic heterocycles. The fraction of sp³-hybridized carbons (Fsp3) is 0.588. The first-order valence-electron chi connectivity index (χ1n) is 7.57. The van der Waals surface area contributed by atoms with Crippen LogP contribution in [0, 0.1) is 5.92 Å². The Hall–Kier alpha value is -1.75. The van der Waals surface area contributed by atoms with E-state index >= 15 is 0 Å². The van der Waals surface area contributed by atoms with Gasteiger partial charge in [-0.3, -0.25) is 5.32 Å². The molecule has 0 radical (unpaired) electrons. The molecule has 0 aliphatic carbocycles. The van der Waals surface area contributed by atoms with Gasteiger partial charge in [-0.15, -0.1) is 0 Å². The van der Waals surface area contributed by atoms with Gasteiger partial charge in [-0.2, -0.15) is 0 Å². The van der Waals surface area contributed by atoms with Crippen molar-refractivity contribution in [2.75, 3.05) is 24.4 Å². The summed E-state index contributed by atoms with van der Waals surface area (Å²) in [6.07, 6.45) is -0.457. The smallest absolute Gasteiger partial charge is 0.412 e. The molecule has 0 fully saturated rings. The van der Waals surface area contributed by atoms with E-state index in [1.54, 1.807) is 7.11 Å². The molecule has 0 bridgehead atoms. The average molecular weight is 308 g/mol. The molecule has 1 aromatic carbocycles. The first kappa shape index (κ1) is 18.3. The van der Waals surface area contributed by atoms with Crippen LogP contribution in [0.5, 0.6) is 0 Å². The maximum Gasteiger partial charge on any atom is 0.412 e. The minimum atomic E-state index is -0.513. The van der Waals surface area contributed by atoms with Gasteiger partial charge in [-0.1, -0.05) is 19.9 Å². The number of hydrogen-bond acceptors (Lipinski definition) is 4. The van der Waals surface area contributed by atoms with Crippen LogP contribution in [-0.2, 0) is 9.47 Å². The Bertz CT molecular complexity index is 481. The van der Waals surface area contributed by atoms with Crippen molar-refractivity contribution in [3.05, 3.63) is 24.3 Å². The van der Waals surface area contributed by atoms with Crippen molar-refractivity contribution in [1.82, 2.24) is 0 Å². The van der Waals surface area contributed by atoms with Crippen LogP contribution in [0.3, 0.4) is 0 Å². The monoisotopic (exact) mass is 308 g/mol. The molecule has 2 N–H and O–H groups in total. The van der Waals surface area contributed by atoms with Gasteiger partial charge in [0, 0.05) is 18.5 Å². The van der Waals surface area contributed by atoms with Gasteiger partial charge >= 0.3 is 6.09 Å². The lowest BCUT2D eigenvalue weighted by molar-refractivity contribution is 0.0636. The Labute approximate surface area is 133 Å². The van der Waals surface area contributed by atoms with Gasteiger partial charge < -0.3 is 14.8 Å². The number of nitrogens with one attached hydrogen (secondary N) is 2. The largest absolute Gasteiger partial charge is 0.444 e. The summed E-state index contributed by atoms with van der Waals surface area (Å²) in [6, 6.07) is 7.77. The third-order valence-corrected chi connectivity index (χ3v) is 3.01. The molecule has 1 atom stereocenters. The van der Waals surface area contributed by atoms with Crippen LogP contribution in [0.25, 0.3) is 0 Å². The maximum atomic E-state index is 11.8. The predicted molar refractivity (Wildman–Crippen MR) is 90.4 cm³/mol. The van der Waals surface area contributed by atoms with Crippen LogP contribution in [0.2, 0.25) is 0 Å². The Balaban J connectivity index is 2.71. The quantitative estimate of drug-likeness (QED) is 0.830. The predicted octanol–water partition coefficient (Wildman–Crippen LogP) is 4.12. The minimum Gasteiger partial charge on any atom is -0.444 e. The van der Waals surface area contributed by atoms with Crippen LogP contribution in [0.4, 0.5) is 16.2 Å². The molecule has 0 heterocycles. The summed E-state index contributed by atoms with van der Waals surface area (Å²) >= 11 is 0. The van der Waals surface area contributed by atoms with Gasteiger partial charge in [0.05, 0.1) is 12.6 Å². The van der Waals surface area contributed by atoms with Gasteiger partial charge in [-0.05, 0) is 44.9 Å². The van der Waals surface area contributed by atoms with E-state index < -0.39 is 11.7 Å². The van der Waals surface area contributed by atoms with Crippen molar-refractivity contribution in [3.63, 3.8) is 0 Å². The molecule has 1 aromatic rings. The van der Waals surface area contributed by atoms with Gasteiger partial charge in [0.25, 0.3) is 0 Å². The number of methoxy groups -OCH3 is 1. The normalized spacial score (nSPS) is 12.9. The van der Waals surface area contributed by atoms with Crippen molar-refractivity contribution in [2.45, 2.75) is 46.3 Å². The summed E-state index contributed by atoms with van der Waals surface area (Å²) in [5.41, 5.74) is 1.12. The average Bonchev–Trinajstić information content (AvgIpc) is 2.36. The van der Waals surface area contributed by atoms with Crippen molar-refractivity contribution in [2.24, 2.45) is 5.92 Å². The number of carbonyl (C=O) groups is 1. The second-order valence-electron chi connectivity index (χ2n) is 6.66. The summed E-state index contributed by atoms with van der Waals surface area (Å²) in [5.74, 6) is 0.433. The number of ether oxygens (including phenoxy) is 2. The second-order valence-corrected chi connectivity index (χ2v) is 6.66. The first-order valence-corrected chi connectivity index (χ1v) is 7.57. The van der Waals surface area contributed by atoms with E-state index in [9.17, 15) is 4.79 Å². The highest BCUT2D eigenvalue weighted by Crippen LogP contribution is 2.19. The van der Waals surface area contributed by atoms with Gasteiger partial charge in [0.2, 0.25) is 0 Å². The van der Waals surface area contributed by atoms with Crippen LogP contribution >= 0.6 is 0 Å². The fourth-order valence-corrected chi connectivity index (χ4v) is 1.90. The van der Waals surface area contributed by atoms with Crippen LogP contribution < -0.4 is 10.6 Å². The van der Waals surface area contributed by atoms with Gasteiger partial charge in [0.15, 0.2) is 0 Å². The Kier molecular flexibility index (Phi) is 6.68. The van der Waals surface area contributed by atoms with Crippen LogP contribution in [0.15, 0.2) is 24.3 Å². The molecule has 1 unspecified atom stereocenters. The fourth-order valence-electron chi connectivity index (χ4n) is 1.90. The summed E-state index contributed by atoms with van der Waals surface area (Å²) in [4.78, 5) is 11.8. The molecule has 124 valence electrons. The van der Waals surface area contributed by atoms with Crippen molar-refractivity contribution < 1.29 is 14.3 Å². The van der Waals surface area contributed by atoms with Crippen molar-refractivity contribution in [3.8, 4) is 0 Å². The summed E-state index contributed by atoms with van der Waals surface area (Å²) in [7, 11) is 1.69. The number of rotatable bonds is 6. The highest BCUT2D eigenvalue weighted by Gasteiger charge is 2.17. The van der Waals surface area contributed by atoms with E-state index in [1.165, 1.54) is 0 Å². The molecule has 0 aliphatic heterocycles. The van der Waals surface area contributed by atoms with Crippen molar-refractivity contribution >= 4 is 17.5 Å². The lowest BCUT2D eigenvalue weighted by atomic mass is 10.0. The lowest BCUT2D eigenvalue weighted by Crippen LogP contribution is -2.30.